The second kappa shape index (κ2) is 9.16. The molecule has 2 aromatic carbocycles. The first-order valence-electron chi connectivity index (χ1n) is 11.3. The molecule has 2 atom stereocenters. The van der Waals surface area contributed by atoms with Crippen molar-refractivity contribution >= 4 is 17.5 Å². The number of carbonyl (C=O) groups is 2. The van der Waals surface area contributed by atoms with E-state index in [0.717, 1.165) is 16.2 Å². The van der Waals surface area contributed by atoms with Crippen LogP contribution in [0.25, 0.3) is 11.4 Å². The zero-order chi connectivity index (χ0) is 24.5. The predicted molar refractivity (Wildman–Crippen MR) is 124 cm³/mol. The van der Waals surface area contributed by atoms with E-state index in [1.165, 1.54) is 5.01 Å². The van der Waals surface area contributed by atoms with E-state index in [4.69, 9.17) is 14.0 Å². The van der Waals surface area contributed by atoms with Gasteiger partial charge in [-0.15, -0.1) is 0 Å². The molecule has 0 aliphatic carbocycles. The molecule has 11 nitrogen and oxygen atoms in total. The van der Waals surface area contributed by atoms with Crippen LogP contribution in [0.3, 0.4) is 0 Å². The lowest BCUT2D eigenvalue weighted by Crippen LogP contribution is -2.39. The van der Waals surface area contributed by atoms with Crippen LogP contribution in [0.2, 0.25) is 0 Å². The van der Waals surface area contributed by atoms with Crippen molar-refractivity contribution in [3.8, 4) is 22.9 Å². The minimum absolute atomic E-state index is 0.0440. The van der Waals surface area contributed by atoms with Crippen LogP contribution in [0.4, 0.5) is 5.69 Å². The molecule has 2 amide bonds. The van der Waals surface area contributed by atoms with Gasteiger partial charge in [-0.25, -0.2) is 4.90 Å². The van der Waals surface area contributed by atoms with Gasteiger partial charge in [-0.3, -0.25) is 14.6 Å². The average molecular weight is 476 g/mol. The first-order valence-corrected chi connectivity index (χ1v) is 11.3. The van der Waals surface area contributed by atoms with Gasteiger partial charge in [0.05, 0.1) is 18.4 Å². The Kier molecular flexibility index (Phi) is 5.89. The molecule has 5 rings (SSSR count). The van der Waals surface area contributed by atoms with E-state index < -0.39 is 23.9 Å². The number of carbonyl (C=O) groups excluding carboxylic acids is 2. The molecule has 0 spiro atoms. The molecular formula is C24H24N6O5. The van der Waals surface area contributed by atoms with E-state index in [-0.39, 0.29) is 18.5 Å². The second-order valence-corrected chi connectivity index (χ2v) is 8.33. The van der Waals surface area contributed by atoms with Gasteiger partial charge >= 0.3 is 0 Å². The Hall–Kier alpha value is -4.28. The van der Waals surface area contributed by atoms with E-state index in [1.54, 1.807) is 24.3 Å². The van der Waals surface area contributed by atoms with Crippen molar-refractivity contribution in [2.45, 2.75) is 45.5 Å². The highest BCUT2D eigenvalue weighted by Gasteiger charge is 2.55. The first kappa shape index (κ1) is 22.5. The number of imide groups is 1. The Balaban J connectivity index is 1.29. The number of anilines is 1. The molecule has 0 N–H and O–H groups in total. The van der Waals surface area contributed by atoms with Crippen LogP contribution in [0.15, 0.2) is 63.4 Å². The number of hydrogen-bond donors (Lipinski definition) is 0. The summed E-state index contributed by atoms with van der Waals surface area (Å²) in [6.07, 6.45) is 0.0756. The van der Waals surface area contributed by atoms with Gasteiger partial charge in [0.1, 0.15) is 18.0 Å². The predicted octanol–water partition coefficient (Wildman–Crippen LogP) is 3.42. The number of aromatic nitrogens is 2. The highest BCUT2D eigenvalue weighted by Crippen LogP contribution is 2.33. The zero-order valence-corrected chi connectivity index (χ0v) is 19.5. The summed E-state index contributed by atoms with van der Waals surface area (Å²) in [6, 6.07) is 12.4. The van der Waals surface area contributed by atoms with E-state index in [9.17, 15) is 9.59 Å². The van der Waals surface area contributed by atoms with Crippen molar-refractivity contribution in [2.24, 2.45) is 10.3 Å². The van der Waals surface area contributed by atoms with E-state index >= 15 is 0 Å². The summed E-state index contributed by atoms with van der Waals surface area (Å²) in [7, 11) is 0. The van der Waals surface area contributed by atoms with Gasteiger partial charge in [-0.05, 0) is 69.3 Å². The quantitative estimate of drug-likeness (QED) is 0.453. The molecule has 1 saturated heterocycles. The maximum atomic E-state index is 13.2. The maximum Gasteiger partial charge on any atom is 0.263 e. The number of nitrogens with zero attached hydrogens (tertiary/aromatic N) is 6. The molecule has 0 saturated carbocycles. The third kappa shape index (κ3) is 4.32. The van der Waals surface area contributed by atoms with Gasteiger partial charge in [0.2, 0.25) is 11.7 Å². The molecule has 3 aromatic rings. The van der Waals surface area contributed by atoms with E-state index in [2.05, 4.69) is 20.5 Å². The Labute approximate surface area is 201 Å². The van der Waals surface area contributed by atoms with Gasteiger partial charge in [0, 0.05) is 5.56 Å². The van der Waals surface area contributed by atoms with Gasteiger partial charge in [0.25, 0.3) is 11.8 Å². The van der Waals surface area contributed by atoms with Crippen LogP contribution in [0.5, 0.6) is 11.5 Å². The van der Waals surface area contributed by atoms with Crippen LogP contribution >= 0.6 is 0 Å². The Morgan fingerprint density at radius 3 is 2.40 bits per heavy atom. The van der Waals surface area contributed by atoms with Gasteiger partial charge < -0.3 is 14.0 Å². The standard InChI is InChI=1S/C24H24N6O5/c1-4-33-17-11-7-16(8-12-17)30-23(31)20-21(24(30)32)29(28-26-20)13-19-25-22(27-35-19)15-5-9-18(10-6-15)34-14(2)3/h5-12,14,20-21H,4,13H2,1-3H3. The lowest BCUT2D eigenvalue weighted by Gasteiger charge is -2.19. The fourth-order valence-corrected chi connectivity index (χ4v) is 4.00. The minimum Gasteiger partial charge on any atom is -0.494 e. The minimum atomic E-state index is -0.912. The molecule has 2 aliphatic heterocycles. The number of rotatable bonds is 8. The number of benzene rings is 2. The number of hydrogen-bond acceptors (Lipinski definition) is 10. The second-order valence-electron chi connectivity index (χ2n) is 8.33. The van der Waals surface area contributed by atoms with Crippen LogP contribution in [-0.4, -0.2) is 51.8 Å². The molecular weight excluding hydrogens is 452 g/mol. The number of ether oxygens (including phenoxy) is 2. The summed E-state index contributed by atoms with van der Waals surface area (Å²) in [6.45, 7) is 6.37. The van der Waals surface area contributed by atoms with Crippen molar-refractivity contribution in [3.63, 3.8) is 0 Å². The Morgan fingerprint density at radius 1 is 1.00 bits per heavy atom. The summed E-state index contributed by atoms with van der Waals surface area (Å²) in [5.74, 6) is 1.22. The molecule has 2 aliphatic rings. The van der Waals surface area contributed by atoms with Crippen LogP contribution in [-0.2, 0) is 16.1 Å². The summed E-state index contributed by atoms with van der Waals surface area (Å²) in [4.78, 5) is 31.6. The van der Waals surface area contributed by atoms with Gasteiger partial charge in [0.15, 0.2) is 12.1 Å². The van der Waals surface area contributed by atoms with Gasteiger partial charge in [-0.2, -0.15) is 10.1 Å². The zero-order valence-electron chi connectivity index (χ0n) is 19.5. The Bertz CT molecular complexity index is 1250. The third-order valence-corrected chi connectivity index (χ3v) is 5.51. The smallest absolute Gasteiger partial charge is 0.263 e. The summed E-state index contributed by atoms with van der Waals surface area (Å²) >= 11 is 0. The molecule has 35 heavy (non-hydrogen) atoms. The van der Waals surface area contributed by atoms with Crippen molar-refractivity contribution in [1.29, 1.82) is 0 Å². The molecule has 0 bridgehead atoms. The normalized spacial score (nSPS) is 19.1. The van der Waals surface area contributed by atoms with Crippen molar-refractivity contribution in [2.75, 3.05) is 11.5 Å². The summed E-state index contributed by atoms with van der Waals surface area (Å²) < 4.78 is 16.5. The highest BCUT2D eigenvalue weighted by molar-refractivity contribution is 6.25. The lowest BCUT2D eigenvalue weighted by atomic mass is 10.1. The molecule has 3 heterocycles. The first-order chi connectivity index (χ1) is 16.9. The monoisotopic (exact) mass is 476 g/mol. The number of fused-ring (bicyclic) bond motifs is 1. The molecule has 1 aromatic heterocycles. The Morgan fingerprint density at radius 2 is 1.71 bits per heavy atom. The van der Waals surface area contributed by atoms with E-state index in [0.29, 0.717) is 23.9 Å². The van der Waals surface area contributed by atoms with Crippen LogP contribution in [0.1, 0.15) is 26.7 Å². The summed E-state index contributed by atoms with van der Waals surface area (Å²) in [5, 5.41) is 13.5. The van der Waals surface area contributed by atoms with Gasteiger partial charge in [-0.1, -0.05) is 10.4 Å². The third-order valence-electron chi connectivity index (χ3n) is 5.51. The van der Waals surface area contributed by atoms with Crippen molar-refractivity contribution in [3.05, 3.63) is 54.4 Å². The molecule has 11 heteroatoms. The fraction of sp³-hybridized carbons (Fsp3) is 0.333. The molecule has 180 valence electrons. The number of amides is 2. The van der Waals surface area contributed by atoms with Crippen LogP contribution < -0.4 is 14.4 Å². The largest absolute Gasteiger partial charge is 0.494 e. The van der Waals surface area contributed by atoms with Crippen LogP contribution in [0, 0.1) is 0 Å². The maximum absolute atomic E-state index is 13.2. The lowest BCUT2D eigenvalue weighted by molar-refractivity contribution is -0.123. The molecule has 2 unspecified atom stereocenters. The van der Waals surface area contributed by atoms with Crippen molar-refractivity contribution < 1.29 is 23.6 Å². The fourth-order valence-electron chi connectivity index (χ4n) is 4.00. The SMILES string of the molecule is CCOc1ccc(N2C(=O)C3N=NN(Cc4nc(-c5ccc(OC(C)C)cc5)no4)C3C2=O)cc1. The molecule has 0 radical (unpaired) electrons. The summed E-state index contributed by atoms with van der Waals surface area (Å²) in [5.41, 5.74) is 1.21. The van der Waals surface area contributed by atoms with E-state index in [1.807, 2.05) is 45.0 Å². The highest BCUT2D eigenvalue weighted by atomic mass is 16.5. The molecule has 1 fully saturated rings. The van der Waals surface area contributed by atoms with Crippen molar-refractivity contribution in [1.82, 2.24) is 15.1 Å². The average Bonchev–Trinajstić information content (AvgIpc) is 3.53. The topological polar surface area (TPSA) is 123 Å².